The number of furan rings is 1. The third-order valence-electron chi connectivity index (χ3n) is 2.34. The minimum Gasteiger partial charge on any atom is -0.465 e. The number of amides is 1. The highest BCUT2D eigenvalue weighted by Crippen LogP contribution is 2.08. The van der Waals surface area contributed by atoms with Crippen molar-refractivity contribution in [2.75, 3.05) is 5.32 Å². The highest BCUT2D eigenvalue weighted by atomic mass is 16.3. The number of aryl methyl sites for hydroxylation is 1. The van der Waals surface area contributed by atoms with Crippen molar-refractivity contribution in [1.82, 2.24) is 10.2 Å². The maximum absolute atomic E-state index is 11.6. The van der Waals surface area contributed by atoms with Crippen LogP contribution in [0.25, 0.3) is 6.08 Å². The summed E-state index contributed by atoms with van der Waals surface area (Å²) in [5.74, 6) is 0.937. The Morgan fingerprint density at radius 3 is 3.22 bits per heavy atom. The number of carbonyl (C=O) groups excluding carboxylic acids is 1. The Morgan fingerprint density at radius 1 is 1.61 bits per heavy atom. The van der Waals surface area contributed by atoms with Gasteiger partial charge in [-0.3, -0.25) is 9.89 Å². The van der Waals surface area contributed by atoms with Crippen molar-refractivity contribution < 1.29 is 9.21 Å². The molecule has 0 saturated carbocycles. The fourth-order valence-electron chi connectivity index (χ4n) is 1.53. The van der Waals surface area contributed by atoms with E-state index in [1.54, 1.807) is 24.5 Å². The third kappa shape index (κ3) is 3.35. The van der Waals surface area contributed by atoms with Crippen molar-refractivity contribution in [3.8, 4) is 0 Å². The SMILES string of the molecule is CCCc1cc(NC(=O)/C=C/c2ccco2)n[nH]1. The topological polar surface area (TPSA) is 70.9 Å². The first-order valence-corrected chi connectivity index (χ1v) is 5.85. The number of hydrogen-bond donors (Lipinski definition) is 2. The van der Waals surface area contributed by atoms with Gasteiger partial charge in [-0.05, 0) is 24.6 Å². The molecule has 0 fully saturated rings. The van der Waals surface area contributed by atoms with Crippen LogP contribution in [0, 0.1) is 0 Å². The van der Waals surface area contributed by atoms with E-state index in [1.807, 2.05) is 6.07 Å². The first-order chi connectivity index (χ1) is 8.78. The number of hydrogen-bond acceptors (Lipinski definition) is 3. The average molecular weight is 245 g/mol. The highest BCUT2D eigenvalue weighted by molar-refractivity contribution is 6.01. The fourth-order valence-corrected chi connectivity index (χ4v) is 1.53. The molecule has 0 saturated heterocycles. The second-order valence-electron chi connectivity index (χ2n) is 3.87. The van der Waals surface area contributed by atoms with E-state index in [-0.39, 0.29) is 5.91 Å². The van der Waals surface area contributed by atoms with Gasteiger partial charge in [0.1, 0.15) is 5.76 Å². The van der Waals surface area contributed by atoms with E-state index in [1.165, 1.54) is 6.08 Å². The molecule has 0 unspecified atom stereocenters. The lowest BCUT2D eigenvalue weighted by atomic mass is 10.2. The third-order valence-corrected chi connectivity index (χ3v) is 2.34. The zero-order valence-corrected chi connectivity index (χ0v) is 10.1. The predicted molar refractivity (Wildman–Crippen MR) is 69.0 cm³/mol. The van der Waals surface area contributed by atoms with Crippen LogP contribution >= 0.6 is 0 Å². The van der Waals surface area contributed by atoms with Crippen LogP contribution in [0.2, 0.25) is 0 Å². The Balaban J connectivity index is 1.90. The molecular formula is C13H15N3O2. The van der Waals surface area contributed by atoms with Crippen LogP contribution in [0.15, 0.2) is 35.0 Å². The molecule has 2 heterocycles. The zero-order chi connectivity index (χ0) is 12.8. The molecule has 0 radical (unpaired) electrons. The van der Waals surface area contributed by atoms with Crippen LogP contribution in [0.5, 0.6) is 0 Å². The van der Waals surface area contributed by atoms with Gasteiger partial charge in [0, 0.05) is 17.8 Å². The van der Waals surface area contributed by atoms with E-state index in [0.29, 0.717) is 11.6 Å². The Bertz CT molecular complexity index is 526. The molecule has 2 rings (SSSR count). The van der Waals surface area contributed by atoms with Gasteiger partial charge in [0.25, 0.3) is 0 Å². The zero-order valence-electron chi connectivity index (χ0n) is 10.1. The van der Waals surface area contributed by atoms with E-state index in [9.17, 15) is 4.79 Å². The Morgan fingerprint density at radius 2 is 2.50 bits per heavy atom. The van der Waals surface area contributed by atoms with Crippen molar-refractivity contribution in [3.05, 3.63) is 42.0 Å². The first-order valence-electron chi connectivity index (χ1n) is 5.85. The van der Waals surface area contributed by atoms with E-state index < -0.39 is 0 Å². The van der Waals surface area contributed by atoms with Crippen molar-refractivity contribution >= 4 is 17.8 Å². The molecule has 2 aromatic rings. The summed E-state index contributed by atoms with van der Waals surface area (Å²) in [6, 6.07) is 5.38. The van der Waals surface area contributed by atoms with Gasteiger partial charge in [-0.2, -0.15) is 5.10 Å². The summed E-state index contributed by atoms with van der Waals surface area (Å²) in [5, 5.41) is 9.55. The summed E-state index contributed by atoms with van der Waals surface area (Å²) < 4.78 is 5.08. The predicted octanol–water partition coefficient (Wildman–Crippen LogP) is 2.61. The average Bonchev–Trinajstić information content (AvgIpc) is 2.99. The number of anilines is 1. The number of H-pyrrole nitrogens is 1. The highest BCUT2D eigenvalue weighted by Gasteiger charge is 2.03. The van der Waals surface area contributed by atoms with E-state index in [4.69, 9.17) is 4.42 Å². The van der Waals surface area contributed by atoms with E-state index in [2.05, 4.69) is 22.4 Å². The summed E-state index contributed by atoms with van der Waals surface area (Å²) in [7, 11) is 0. The van der Waals surface area contributed by atoms with Crippen LogP contribution in [0.1, 0.15) is 24.8 Å². The van der Waals surface area contributed by atoms with Gasteiger partial charge >= 0.3 is 0 Å². The molecule has 0 aliphatic heterocycles. The van der Waals surface area contributed by atoms with Gasteiger partial charge in [-0.25, -0.2) is 0 Å². The summed E-state index contributed by atoms with van der Waals surface area (Å²) in [6.07, 6.45) is 6.53. The minimum atomic E-state index is -0.235. The van der Waals surface area contributed by atoms with Crippen molar-refractivity contribution in [1.29, 1.82) is 0 Å². The number of nitrogens with one attached hydrogen (secondary N) is 2. The van der Waals surface area contributed by atoms with Crippen LogP contribution in [-0.4, -0.2) is 16.1 Å². The molecule has 5 nitrogen and oxygen atoms in total. The molecule has 0 aliphatic rings. The van der Waals surface area contributed by atoms with Gasteiger partial charge in [0.2, 0.25) is 5.91 Å². The van der Waals surface area contributed by atoms with Crippen LogP contribution < -0.4 is 5.32 Å². The Kier molecular flexibility index (Phi) is 3.96. The molecule has 1 amide bonds. The largest absolute Gasteiger partial charge is 0.465 e. The molecule has 0 aliphatic carbocycles. The van der Waals surface area contributed by atoms with Crippen molar-refractivity contribution in [2.45, 2.75) is 19.8 Å². The van der Waals surface area contributed by atoms with Gasteiger partial charge in [0.05, 0.1) is 6.26 Å². The fraction of sp³-hybridized carbons (Fsp3) is 0.231. The molecule has 0 bridgehead atoms. The smallest absolute Gasteiger partial charge is 0.249 e. The normalized spacial score (nSPS) is 10.9. The lowest BCUT2D eigenvalue weighted by molar-refractivity contribution is -0.111. The summed E-state index contributed by atoms with van der Waals surface area (Å²) >= 11 is 0. The van der Waals surface area contributed by atoms with Crippen LogP contribution in [-0.2, 0) is 11.2 Å². The lowest BCUT2D eigenvalue weighted by Gasteiger charge is -1.94. The molecule has 18 heavy (non-hydrogen) atoms. The minimum absolute atomic E-state index is 0.235. The molecule has 0 spiro atoms. The number of aromatic nitrogens is 2. The van der Waals surface area contributed by atoms with Crippen LogP contribution in [0.4, 0.5) is 5.82 Å². The number of rotatable bonds is 5. The monoisotopic (exact) mass is 245 g/mol. The Labute approximate surface area is 105 Å². The number of carbonyl (C=O) groups is 1. The second-order valence-corrected chi connectivity index (χ2v) is 3.87. The molecule has 2 N–H and O–H groups in total. The first kappa shape index (κ1) is 12.2. The standard InChI is InChI=1S/C13H15N3O2/c1-2-4-10-9-12(16-15-10)14-13(17)7-6-11-5-3-8-18-11/h3,5-9H,2,4H2,1H3,(H2,14,15,16,17)/b7-6+. The summed E-state index contributed by atoms with van der Waals surface area (Å²) in [6.45, 7) is 2.09. The van der Waals surface area contributed by atoms with Crippen LogP contribution in [0.3, 0.4) is 0 Å². The van der Waals surface area contributed by atoms with Gasteiger partial charge in [0.15, 0.2) is 5.82 Å². The van der Waals surface area contributed by atoms with Crippen molar-refractivity contribution in [3.63, 3.8) is 0 Å². The molecule has 0 atom stereocenters. The van der Waals surface area contributed by atoms with Gasteiger partial charge in [-0.1, -0.05) is 13.3 Å². The lowest BCUT2D eigenvalue weighted by Crippen LogP contribution is -2.07. The molecule has 0 aromatic carbocycles. The second kappa shape index (κ2) is 5.86. The molecule has 5 heteroatoms. The van der Waals surface area contributed by atoms with Gasteiger partial charge < -0.3 is 9.73 Å². The van der Waals surface area contributed by atoms with Crippen molar-refractivity contribution in [2.24, 2.45) is 0 Å². The molecule has 94 valence electrons. The van der Waals surface area contributed by atoms with E-state index in [0.717, 1.165) is 18.5 Å². The quantitative estimate of drug-likeness (QED) is 0.795. The molecule has 2 aromatic heterocycles. The summed E-state index contributed by atoms with van der Waals surface area (Å²) in [5.41, 5.74) is 1.02. The van der Waals surface area contributed by atoms with Gasteiger partial charge in [-0.15, -0.1) is 0 Å². The Hall–Kier alpha value is -2.30. The number of aromatic amines is 1. The maximum Gasteiger partial charge on any atom is 0.249 e. The number of nitrogens with zero attached hydrogens (tertiary/aromatic N) is 1. The summed E-state index contributed by atoms with van der Waals surface area (Å²) in [4.78, 5) is 11.6. The molecular weight excluding hydrogens is 230 g/mol. The maximum atomic E-state index is 11.6. The van der Waals surface area contributed by atoms with E-state index >= 15 is 0 Å².